The summed E-state index contributed by atoms with van der Waals surface area (Å²) in [4.78, 5) is 25.3. The lowest BCUT2D eigenvalue weighted by Gasteiger charge is -2.34. The molecule has 2 rings (SSSR count). The Morgan fingerprint density at radius 3 is 2.81 bits per heavy atom. The van der Waals surface area contributed by atoms with Crippen LogP contribution in [0.2, 0.25) is 5.02 Å². The van der Waals surface area contributed by atoms with Crippen molar-refractivity contribution in [1.82, 2.24) is 4.90 Å². The van der Waals surface area contributed by atoms with Gasteiger partial charge >= 0.3 is 5.97 Å². The Morgan fingerprint density at radius 2 is 2.14 bits per heavy atom. The van der Waals surface area contributed by atoms with Crippen molar-refractivity contribution in [1.29, 1.82) is 0 Å². The Balaban J connectivity index is 1.99. The van der Waals surface area contributed by atoms with E-state index in [0.29, 0.717) is 23.7 Å². The van der Waals surface area contributed by atoms with E-state index in [2.05, 4.69) is 5.32 Å². The number of carboxylic acid groups (broad SMARTS) is 1. The van der Waals surface area contributed by atoms with E-state index in [1.807, 2.05) is 4.90 Å². The number of carbonyl (C=O) groups is 2. The average molecular weight is 311 g/mol. The summed E-state index contributed by atoms with van der Waals surface area (Å²) in [6, 6.07) is 6.66. The first-order valence-electron chi connectivity index (χ1n) is 7.01. The highest BCUT2D eigenvalue weighted by Gasteiger charge is 2.30. The summed E-state index contributed by atoms with van der Waals surface area (Å²) in [6.07, 6.45) is 1.46. The van der Waals surface area contributed by atoms with E-state index in [4.69, 9.17) is 16.7 Å². The third-order valence-corrected chi connectivity index (χ3v) is 4.19. The lowest BCUT2D eigenvalue weighted by molar-refractivity contribution is -0.144. The fraction of sp³-hybridized carbons (Fsp3) is 0.467. The molecule has 1 amide bonds. The number of hydrogen-bond acceptors (Lipinski definition) is 3. The molecule has 0 spiro atoms. The number of carbonyl (C=O) groups excluding carboxylic acids is 1. The first-order valence-corrected chi connectivity index (χ1v) is 7.39. The molecule has 1 heterocycles. The van der Waals surface area contributed by atoms with Gasteiger partial charge in [-0.3, -0.25) is 14.5 Å². The summed E-state index contributed by atoms with van der Waals surface area (Å²) < 4.78 is 0. The molecule has 5 nitrogen and oxygen atoms in total. The molecule has 1 saturated heterocycles. The van der Waals surface area contributed by atoms with Crippen LogP contribution in [-0.2, 0) is 9.59 Å². The van der Waals surface area contributed by atoms with E-state index >= 15 is 0 Å². The van der Waals surface area contributed by atoms with Gasteiger partial charge in [-0.2, -0.15) is 0 Å². The Hall–Kier alpha value is -1.59. The van der Waals surface area contributed by atoms with Crippen molar-refractivity contribution in [2.45, 2.75) is 25.8 Å². The Bertz CT molecular complexity index is 535. The SMILES string of the molecule is CC(C(=O)Nc1ccccc1Cl)N1CCCC(C(=O)O)C1. The molecule has 21 heavy (non-hydrogen) atoms. The summed E-state index contributed by atoms with van der Waals surface area (Å²) in [5.74, 6) is -1.36. The first-order chi connectivity index (χ1) is 9.99. The largest absolute Gasteiger partial charge is 0.481 e. The number of piperidine rings is 1. The highest BCUT2D eigenvalue weighted by Crippen LogP contribution is 2.22. The quantitative estimate of drug-likeness (QED) is 0.896. The van der Waals surface area contributed by atoms with Gasteiger partial charge in [0.1, 0.15) is 0 Å². The lowest BCUT2D eigenvalue weighted by atomic mass is 9.97. The van der Waals surface area contributed by atoms with Crippen molar-refractivity contribution in [2.24, 2.45) is 5.92 Å². The number of nitrogens with one attached hydrogen (secondary N) is 1. The van der Waals surface area contributed by atoms with Gasteiger partial charge < -0.3 is 10.4 Å². The van der Waals surface area contributed by atoms with Crippen molar-refractivity contribution >= 4 is 29.2 Å². The second-order valence-corrected chi connectivity index (χ2v) is 5.72. The van der Waals surface area contributed by atoms with E-state index in [1.165, 1.54) is 0 Å². The first kappa shape index (κ1) is 15.8. The minimum Gasteiger partial charge on any atom is -0.481 e. The molecule has 0 saturated carbocycles. The summed E-state index contributed by atoms with van der Waals surface area (Å²) in [7, 11) is 0. The Morgan fingerprint density at radius 1 is 1.43 bits per heavy atom. The van der Waals surface area contributed by atoms with Gasteiger partial charge in [-0.1, -0.05) is 23.7 Å². The summed E-state index contributed by atoms with van der Waals surface area (Å²) >= 11 is 6.02. The van der Waals surface area contributed by atoms with Gasteiger partial charge in [0.2, 0.25) is 5.91 Å². The fourth-order valence-electron chi connectivity index (χ4n) is 2.53. The standard InChI is InChI=1S/C15H19ClN2O3/c1-10(18-8-4-5-11(9-18)15(20)21)14(19)17-13-7-3-2-6-12(13)16/h2-3,6-7,10-11H,4-5,8-9H2,1H3,(H,17,19)(H,20,21). The number of para-hydroxylation sites is 1. The molecule has 2 N–H and O–H groups in total. The topological polar surface area (TPSA) is 69.6 Å². The molecule has 2 unspecified atom stereocenters. The van der Waals surface area contributed by atoms with Gasteiger partial charge in [-0.25, -0.2) is 0 Å². The Labute approximate surface area is 128 Å². The highest BCUT2D eigenvalue weighted by atomic mass is 35.5. The number of rotatable bonds is 4. The molecule has 0 bridgehead atoms. The van der Waals surface area contributed by atoms with E-state index < -0.39 is 11.9 Å². The highest BCUT2D eigenvalue weighted by molar-refractivity contribution is 6.33. The molecule has 0 aliphatic carbocycles. The lowest BCUT2D eigenvalue weighted by Crippen LogP contribution is -2.48. The average Bonchev–Trinajstić information content (AvgIpc) is 2.49. The predicted molar refractivity (Wildman–Crippen MR) is 81.5 cm³/mol. The summed E-state index contributed by atoms with van der Waals surface area (Å²) in [5, 5.41) is 12.4. The second-order valence-electron chi connectivity index (χ2n) is 5.32. The van der Waals surface area contributed by atoms with Gasteiger partial charge in [-0.15, -0.1) is 0 Å². The molecule has 1 aromatic rings. The third-order valence-electron chi connectivity index (χ3n) is 3.86. The summed E-state index contributed by atoms with van der Waals surface area (Å²) in [5.41, 5.74) is 0.572. The Kier molecular flexibility index (Phi) is 5.20. The van der Waals surface area contributed by atoms with Crippen LogP contribution in [-0.4, -0.2) is 41.0 Å². The van der Waals surface area contributed by atoms with Crippen LogP contribution in [0.25, 0.3) is 0 Å². The minimum atomic E-state index is -0.793. The van der Waals surface area contributed by atoms with Crippen LogP contribution in [0, 0.1) is 5.92 Å². The zero-order valence-corrected chi connectivity index (χ0v) is 12.6. The van der Waals surface area contributed by atoms with Gasteiger partial charge in [0.15, 0.2) is 0 Å². The molecule has 6 heteroatoms. The maximum Gasteiger partial charge on any atom is 0.307 e. The molecule has 0 radical (unpaired) electrons. The van der Waals surface area contributed by atoms with Crippen molar-refractivity contribution < 1.29 is 14.7 Å². The van der Waals surface area contributed by atoms with Crippen LogP contribution in [0.3, 0.4) is 0 Å². The monoisotopic (exact) mass is 310 g/mol. The second kappa shape index (κ2) is 6.91. The molecular weight excluding hydrogens is 292 g/mol. The molecule has 1 aliphatic heterocycles. The van der Waals surface area contributed by atoms with Crippen LogP contribution >= 0.6 is 11.6 Å². The molecular formula is C15H19ClN2O3. The molecule has 1 aromatic carbocycles. The molecule has 0 aromatic heterocycles. The number of amides is 1. The number of hydrogen-bond donors (Lipinski definition) is 2. The van der Waals surface area contributed by atoms with E-state index in [0.717, 1.165) is 13.0 Å². The van der Waals surface area contributed by atoms with Gasteiger partial charge in [-0.05, 0) is 38.4 Å². The number of halogens is 1. The van der Waals surface area contributed by atoms with Crippen LogP contribution < -0.4 is 5.32 Å². The van der Waals surface area contributed by atoms with Gasteiger partial charge in [0.05, 0.1) is 22.7 Å². The maximum absolute atomic E-state index is 12.3. The van der Waals surface area contributed by atoms with Crippen molar-refractivity contribution in [3.05, 3.63) is 29.3 Å². The van der Waals surface area contributed by atoms with Crippen molar-refractivity contribution in [3.8, 4) is 0 Å². The van der Waals surface area contributed by atoms with Crippen molar-refractivity contribution in [2.75, 3.05) is 18.4 Å². The van der Waals surface area contributed by atoms with E-state index in [1.54, 1.807) is 31.2 Å². The van der Waals surface area contributed by atoms with Gasteiger partial charge in [0.25, 0.3) is 0 Å². The smallest absolute Gasteiger partial charge is 0.307 e. The number of benzene rings is 1. The minimum absolute atomic E-state index is 0.172. The molecule has 2 atom stereocenters. The van der Waals surface area contributed by atoms with E-state index in [9.17, 15) is 9.59 Å². The van der Waals surface area contributed by atoms with Crippen LogP contribution in [0.15, 0.2) is 24.3 Å². The number of likely N-dealkylation sites (tertiary alicyclic amines) is 1. The van der Waals surface area contributed by atoms with Crippen LogP contribution in [0.1, 0.15) is 19.8 Å². The summed E-state index contributed by atoms with van der Waals surface area (Å²) in [6.45, 7) is 2.93. The number of anilines is 1. The predicted octanol–water partition coefficient (Wildman–Crippen LogP) is 2.46. The maximum atomic E-state index is 12.3. The molecule has 1 fully saturated rings. The molecule has 1 aliphatic rings. The number of aliphatic carboxylic acids is 1. The third kappa shape index (κ3) is 3.95. The van der Waals surface area contributed by atoms with Crippen molar-refractivity contribution in [3.63, 3.8) is 0 Å². The van der Waals surface area contributed by atoms with Gasteiger partial charge in [0, 0.05) is 6.54 Å². The van der Waals surface area contributed by atoms with Crippen LogP contribution in [0.5, 0.6) is 0 Å². The zero-order chi connectivity index (χ0) is 15.4. The normalized spacial score (nSPS) is 20.8. The molecule has 114 valence electrons. The number of nitrogens with zero attached hydrogens (tertiary/aromatic N) is 1. The fourth-order valence-corrected chi connectivity index (χ4v) is 2.71. The van der Waals surface area contributed by atoms with E-state index in [-0.39, 0.29) is 11.9 Å². The number of carboxylic acids is 1. The zero-order valence-electron chi connectivity index (χ0n) is 11.9. The van der Waals surface area contributed by atoms with Crippen LogP contribution in [0.4, 0.5) is 5.69 Å².